The zero-order valence-corrected chi connectivity index (χ0v) is 14.0. The van der Waals surface area contributed by atoms with Crippen molar-refractivity contribution in [2.75, 3.05) is 0 Å². The van der Waals surface area contributed by atoms with Crippen molar-refractivity contribution in [2.45, 2.75) is 38.8 Å². The van der Waals surface area contributed by atoms with Crippen molar-refractivity contribution in [2.24, 2.45) is 7.05 Å². The van der Waals surface area contributed by atoms with Crippen LogP contribution in [0.15, 0.2) is 48.8 Å². The lowest BCUT2D eigenvalue weighted by Crippen LogP contribution is -2.30. The van der Waals surface area contributed by atoms with Gasteiger partial charge in [0.1, 0.15) is 7.05 Å². The van der Waals surface area contributed by atoms with Gasteiger partial charge in [0.25, 0.3) is 0 Å². The molecule has 0 bridgehead atoms. The van der Waals surface area contributed by atoms with Crippen molar-refractivity contribution < 1.29 is 14.0 Å². The number of nitrogens with zero attached hydrogens (tertiary/aromatic N) is 1. The lowest BCUT2D eigenvalue weighted by Gasteiger charge is -2.32. The molecule has 1 fully saturated rings. The van der Waals surface area contributed by atoms with Gasteiger partial charge in [0, 0.05) is 17.7 Å². The second-order valence-electron chi connectivity index (χ2n) is 6.26. The molecule has 1 aromatic heterocycles. The Morgan fingerprint density at radius 2 is 1.39 bits per heavy atom. The topological polar surface area (TPSA) is 22.3 Å². The molecule has 1 aromatic carbocycles. The zero-order chi connectivity index (χ0) is 16.2. The van der Waals surface area contributed by atoms with Gasteiger partial charge in [-0.15, -0.1) is 0 Å². The average molecular weight is 310 g/mol. The first-order chi connectivity index (χ1) is 11.1. The first-order valence-electron chi connectivity index (χ1n) is 8.14. The maximum atomic E-state index is 5.88. The van der Waals surface area contributed by atoms with Gasteiger partial charge in [-0.25, -0.2) is 4.57 Å². The Bertz CT molecular complexity index is 651. The number of ether oxygens (including phenoxy) is 2. The Labute approximate surface area is 138 Å². The third kappa shape index (κ3) is 4.27. The summed E-state index contributed by atoms with van der Waals surface area (Å²) in [5, 5.41) is 0. The molecule has 2 atom stereocenters. The molecule has 0 spiro atoms. The van der Waals surface area contributed by atoms with E-state index in [0.717, 1.165) is 12.0 Å². The summed E-state index contributed by atoms with van der Waals surface area (Å²) < 4.78 is 13.8. The summed E-state index contributed by atoms with van der Waals surface area (Å²) in [4.78, 5) is 0. The van der Waals surface area contributed by atoms with E-state index in [2.05, 4.69) is 62.4 Å². The van der Waals surface area contributed by atoms with Gasteiger partial charge in [-0.05, 0) is 31.4 Å². The van der Waals surface area contributed by atoms with Crippen LogP contribution >= 0.6 is 0 Å². The van der Waals surface area contributed by atoms with Crippen LogP contribution in [0.25, 0.3) is 12.2 Å². The van der Waals surface area contributed by atoms with Crippen LogP contribution in [0.4, 0.5) is 0 Å². The SMILES string of the molecule is CC1CC(C)OC(c2ccc(/C=C/c3cc[n+](C)cc3)cc2)O1. The van der Waals surface area contributed by atoms with E-state index in [1.54, 1.807) is 0 Å². The zero-order valence-electron chi connectivity index (χ0n) is 14.0. The highest BCUT2D eigenvalue weighted by molar-refractivity contribution is 5.69. The van der Waals surface area contributed by atoms with Crippen molar-refractivity contribution in [1.29, 1.82) is 0 Å². The quantitative estimate of drug-likeness (QED) is 0.802. The van der Waals surface area contributed by atoms with Crippen molar-refractivity contribution in [3.8, 4) is 0 Å². The monoisotopic (exact) mass is 310 g/mol. The third-order valence-electron chi connectivity index (χ3n) is 4.06. The lowest BCUT2D eigenvalue weighted by atomic mass is 10.1. The molecule has 0 saturated carbocycles. The van der Waals surface area contributed by atoms with Gasteiger partial charge in [0.2, 0.25) is 0 Å². The highest BCUT2D eigenvalue weighted by atomic mass is 16.7. The van der Waals surface area contributed by atoms with E-state index in [-0.39, 0.29) is 18.5 Å². The van der Waals surface area contributed by atoms with Gasteiger partial charge in [-0.3, -0.25) is 0 Å². The first-order valence-corrected chi connectivity index (χ1v) is 8.14. The van der Waals surface area contributed by atoms with Crippen LogP contribution in [0.2, 0.25) is 0 Å². The highest BCUT2D eigenvalue weighted by Crippen LogP contribution is 2.29. The summed E-state index contributed by atoms with van der Waals surface area (Å²) in [6.07, 6.45) is 9.50. The van der Waals surface area contributed by atoms with E-state index < -0.39 is 0 Å². The number of pyridine rings is 1. The molecule has 1 aliphatic heterocycles. The fourth-order valence-electron chi connectivity index (χ4n) is 2.77. The Balaban J connectivity index is 1.68. The summed E-state index contributed by atoms with van der Waals surface area (Å²) in [5.41, 5.74) is 3.43. The third-order valence-corrected chi connectivity index (χ3v) is 4.06. The smallest absolute Gasteiger partial charge is 0.184 e. The number of rotatable bonds is 3. The summed E-state index contributed by atoms with van der Waals surface area (Å²) in [5.74, 6) is 0. The van der Waals surface area contributed by atoms with Crippen LogP contribution in [0.1, 0.15) is 43.2 Å². The Morgan fingerprint density at radius 1 is 0.870 bits per heavy atom. The van der Waals surface area contributed by atoms with E-state index in [4.69, 9.17) is 9.47 Å². The van der Waals surface area contributed by atoms with Gasteiger partial charge < -0.3 is 9.47 Å². The lowest BCUT2D eigenvalue weighted by molar-refractivity contribution is -0.671. The maximum Gasteiger partial charge on any atom is 0.184 e. The molecule has 0 radical (unpaired) electrons. The number of aryl methyl sites for hydroxylation is 1. The number of hydrogen-bond donors (Lipinski definition) is 0. The molecule has 23 heavy (non-hydrogen) atoms. The Morgan fingerprint density at radius 3 is 1.96 bits per heavy atom. The van der Waals surface area contributed by atoms with E-state index in [1.807, 2.05) is 24.0 Å². The van der Waals surface area contributed by atoms with Crippen LogP contribution < -0.4 is 4.57 Å². The molecule has 0 aliphatic carbocycles. The van der Waals surface area contributed by atoms with Gasteiger partial charge in [-0.1, -0.05) is 36.4 Å². The van der Waals surface area contributed by atoms with Crippen LogP contribution in [0, 0.1) is 0 Å². The van der Waals surface area contributed by atoms with Crippen LogP contribution in [-0.4, -0.2) is 12.2 Å². The minimum absolute atomic E-state index is 0.239. The van der Waals surface area contributed by atoms with Gasteiger partial charge in [0.15, 0.2) is 18.7 Å². The highest BCUT2D eigenvalue weighted by Gasteiger charge is 2.25. The van der Waals surface area contributed by atoms with E-state index in [9.17, 15) is 0 Å². The molecule has 3 rings (SSSR count). The second kappa shape index (κ2) is 7.07. The molecule has 1 saturated heterocycles. The number of hydrogen-bond acceptors (Lipinski definition) is 2. The first kappa shape index (κ1) is 15.9. The molecule has 120 valence electrons. The summed E-state index contributed by atoms with van der Waals surface area (Å²) >= 11 is 0. The molecule has 1 aliphatic rings. The minimum atomic E-state index is -0.249. The summed E-state index contributed by atoms with van der Waals surface area (Å²) in [6.45, 7) is 4.20. The number of aromatic nitrogens is 1. The molecule has 3 heteroatoms. The van der Waals surface area contributed by atoms with Crippen molar-refractivity contribution in [1.82, 2.24) is 0 Å². The molecule has 0 amide bonds. The Hall–Kier alpha value is -1.97. The maximum absolute atomic E-state index is 5.88. The van der Waals surface area contributed by atoms with E-state index >= 15 is 0 Å². The van der Waals surface area contributed by atoms with Crippen molar-refractivity contribution in [3.63, 3.8) is 0 Å². The molecule has 2 unspecified atom stereocenters. The standard InChI is InChI=1S/C20H24NO2/c1-15-14-16(2)23-20(22-15)19-8-6-17(7-9-19)4-5-18-10-12-21(3)13-11-18/h4-13,15-16,20H,14H2,1-3H3/q+1/b5-4+. The molecular weight excluding hydrogens is 286 g/mol. The summed E-state index contributed by atoms with van der Waals surface area (Å²) in [6, 6.07) is 12.6. The fourth-order valence-corrected chi connectivity index (χ4v) is 2.77. The largest absolute Gasteiger partial charge is 0.345 e. The molecule has 2 heterocycles. The van der Waals surface area contributed by atoms with Gasteiger partial charge in [0.05, 0.1) is 12.2 Å². The van der Waals surface area contributed by atoms with Gasteiger partial charge >= 0.3 is 0 Å². The fraction of sp³-hybridized carbons (Fsp3) is 0.350. The minimum Gasteiger partial charge on any atom is -0.345 e. The van der Waals surface area contributed by atoms with Crippen LogP contribution in [0.3, 0.4) is 0 Å². The average Bonchev–Trinajstić information content (AvgIpc) is 2.54. The van der Waals surface area contributed by atoms with Crippen LogP contribution in [0.5, 0.6) is 0 Å². The molecule has 3 nitrogen and oxygen atoms in total. The van der Waals surface area contributed by atoms with Crippen molar-refractivity contribution >= 4 is 12.2 Å². The van der Waals surface area contributed by atoms with Crippen molar-refractivity contribution in [3.05, 3.63) is 65.5 Å². The predicted octanol–water partition coefficient (Wildman–Crippen LogP) is 3.89. The Kier molecular flexibility index (Phi) is 4.89. The molecule has 0 N–H and O–H groups in total. The summed E-state index contributed by atoms with van der Waals surface area (Å²) in [7, 11) is 2.02. The number of benzene rings is 1. The second-order valence-corrected chi connectivity index (χ2v) is 6.26. The van der Waals surface area contributed by atoms with E-state index in [1.165, 1.54) is 11.1 Å². The molecular formula is C20H24NO2+. The van der Waals surface area contributed by atoms with E-state index in [0.29, 0.717) is 0 Å². The predicted molar refractivity (Wildman–Crippen MR) is 91.4 cm³/mol. The van der Waals surface area contributed by atoms with Gasteiger partial charge in [-0.2, -0.15) is 0 Å². The molecule has 2 aromatic rings. The van der Waals surface area contributed by atoms with Crippen LogP contribution in [-0.2, 0) is 16.5 Å². The normalized spacial score (nSPS) is 24.9.